The quantitative estimate of drug-likeness (QED) is 0.584. The molecule has 74 valence electrons. The van der Waals surface area contributed by atoms with Crippen LogP contribution >= 0.6 is 0 Å². The zero-order valence-electron chi connectivity index (χ0n) is 7.98. The molecule has 1 saturated heterocycles. The lowest BCUT2D eigenvalue weighted by Crippen LogP contribution is -2.13. The first-order valence-corrected chi connectivity index (χ1v) is 5.19. The molecule has 1 fully saturated rings. The molecule has 1 aromatic heterocycles. The first-order valence-electron chi connectivity index (χ1n) is 5.19. The molecule has 3 rings (SSSR count). The predicted molar refractivity (Wildman–Crippen MR) is 50.9 cm³/mol. The van der Waals surface area contributed by atoms with E-state index in [9.17, 15) is 4.79 Å². The Labute approximate surface area is 82.7 Å². The van der Waals surface area contributed by atoms with Gasteiger partial charge in [-0.3, -0.25) is 4.79 Å². The molecule has 0 amide bonds. The molecule has 0 saturated carbocycles. The zero-order valence-corrected chi connectivity index (χ0v) is 7.98. The second-order valence-corrected chi connectivity index (χ2v) is 4.11. The van der Waals surface area contributed by atoms with E-state index >= 15 is 0 Å². The van der Waals surface area contributed by atoms with Crippen molar-refractivity contribution in [2.45, 2.75) is 37.8 Å². The van der Waals surface area contributed by atoms with Crippen LogP contribution in [0, 0.1) is 0 Å². The van der Waals surface area contributed by atoms with E-state index in [0.717, 1.165) is 19.4 Å². The SMILES string of the molecule is O=C1C[C@@H]2c3cccn3CCC[C@H]2O1. The molecule has 0 N–H and O–H groups in total. The van der Waals surface area contributed by atoms with Gasteiger partial charge in [-0.25, -0.2) is 0 Å². The van der Waals surface area contributed by atoms with Crippen LogP contribution in [-0.2, 0) is 16.1 Å². The minimum atomic E-state index is -0.0327. The summed E-state index contributed by atoms with van der Waals surface area (Å²) in [7, 11) is 0. The van der Waals surface area contributed by atoms with E-state index in [1.165, 1.54) is 5.69 Å². The van der Waals surface area contributed by atoms with Crippen molar-refractivity contribution < 1.29 is 9.53 Å². The maximum atomic E-state index is 11.2. The van der Waals surface area contributed by atoms with Gasteiger partial charge in [0, 0.05) is 24.4 Å². The number of hydrogen-bond donors (Lipinski definition) is 0. The van der Waals surface area contributed by atoms with Crippen LogP contribution in [0.2, 0.25) is 0 Å². The lowest BCUT2D eigenvalue weighted by atomic mass is 9.96. The highest BCUT2D eigenvalue weighted by Gasteiger charge is 2.38. The number of esters is 1. The first kappa shape index (κ1) is 8.09. The van der Waals surface area contributed by atoms with Gasteiger partial charge in [0.25, 0.3) is 0 Å². The minimum absolute atomic E-state index is 0.0327. The molecule has 3 heteroatoms. The van der Waals surface area contributed by atoms with Crippen molar-refractivity contribution in [3.63, 3.8) is 0 Å². The highest BCUT2D eigenvalue weighted by Crippen LogP contribution is 2.36. The number of rotatable bonds is 0. The summed E-state index contributed by atoms with van der Waals surface area (Å²) in [6.07, 6.45) is 4.92. The van der Waals surface area contributed by atoms with E-state index in [1.54, 1.807) is 0 Å². The monoisotopic (exact) mass is 191 g/mol. The largest absolute Gasteiger partial charge is 0.462 e. The minimum Gasteiger partial charge on any atom is -0.462 e. The molecule has 0 unspecified atom stereocenters. The van der Waals surface area contributed by atoms with Crippen LogP contribution in [0.5, 0.6) is 0 Å². The van der Waals surface area contributed by atoms with Crippen molar-refractivity contribution in [3.05, 3.63) is 24.0 Å². The average Bonchev–Trinajstić information content (AvgIpc) is 2.70. The summed E-state index contributed by atoms with van der Waals surface area (Å²) in [5.41, 5.74) is 1.28. The lowest BCUT2D eigenvalue weighted by Gasteiger charge is -2.13. The fourth-order valence-electron chi connectivity index (χ4n) is 2.60. The summed E-state index contributed by atoms with van der Waals surface area (Å²) in [4.78, 5) is 11.2. The summed E-state index contributed by atoms with van der Waals surface area (Å²) in [5, 5.41) is 0. The Morgan fingerprint density at radius 2 is 2.43 bits per heavy atom. The van der Waals surface area contributed by atoms with Crippen LogP contribution in [0.25, 0.3) is 0 Å². The topological polar surface area (TPSA) is 31.2 Å². The number of fused-ring (bicyclic) bond motifs is 3. The Morgan fingerprint density at radius 1 is 1.50 bits per heavy atom. The van der Waals surface area contributed by atoms with Gasteiger partial charge >= 0.3 is 5.97 Å². The smallest absolute Gasteiger partial charge is 0.306 e. The van der Waals surface area contributed by atoms with Crippen LogP contribution in [0.1, 0.15) is 30.9 Å². The van der Waals surface area contributed by atoms with Crippen LogP contribution in [0.3, 0.4) is 0 Å². The first-order chi connectivity index (χ1) is 6.84. The van der Waals surface area contributed by atoms with Gasteiger partial charge < -0.3 is 9.30 Å². The highest BCUT2D eigenvalue weighted by molar-refractivity contribution is 5.73. The van der Waals surface area contributed by atoms with Gasteiger partial charge in [0.15, 0.2) is 0 Å². The third kappa shape index (κ3) is 1.08. The molecular weight excluding hydrogens is 178 g/mol. The van der Waals surface area contributed by atoms with E-state index in [2.05, 4.69) is 22.9 Å². The van der Waals surface area contributed by atoms with Crippen molar-refractivity contribution in [3.8, 4) is 0 Å². The van der Waals surface area contributed by atoms with Gasteiger partial charge in [-0.1, -0.05) is 0 Å². The van der Waals surface area contributed by atoms with E-state index < -0.39 is 0 Å². The molecule has 14 heavy (non-hydrogen) atoms. The number of ether oxygens (including phenoxy) is 1. The predicted octanol–water partition coefficient (Wildman–Crippen LogP) is 1.68. The summed E-state index contributed by atoms with van der Waals surface area (Å²) < 4.78 is 7.58. The van der Waals surface area contributed by atoms with Gasteiger partial charge in [-0.2, -0.15) is 0 Å². The van der Waals surface area contributed by atoms with Crippen molar-refractivity contribution in [1.29, 1.82) is 0 Å². The lowest BCUT2D eigenvalue weighted by molar-refractivity contribution is -0.141. The zero-order chi connectivity index (χ0) is 9.54. The Balaban J connectivity index is 2.02. The van der Waals surface area contributed by atoms with Gasteiger partial charge in [0.05, 0.1) is 6.42 Å². The number of nitrogens with zero attached hydrogens (tertiary/aromatic N) is 1. The molecule has 1 aromatic rings. The molecule has 3 nitrogen and oxygen atoms in total. The maximum absolute atomic E-state index is 11.2. The van der Waals surface area contributed by atoms with Gasteiger partial charge in [-0.05, 0) is 25.0 Å². The van der Waals surface area contributed by atoms with Gasteiger partial charge in [0.2, 0.25) is 0 Å². The summed E-state index contributed by atoms with van der Waals surface area (Å²) >= 11 is 0. The van der Waals surface area contributed by atoms with Crippen LogP contribution in [-0.4, -0.2) is 16.6 Å². The summed E-state index contributed by atoms with van der Waals surface area (Å²) in [6, 6.07) is 4.17. The van der Waals surface area contributed by atoms with Crippen LogP contribution in [0.15, 0.2) is 18.3 Å². The third-order valence-electron chi connectivity index (χ3n) is 3.25. The molecule has 0 aliphatic carbocycles. The Bertz CT molecular complexity index is 369. The number of carbonyl (C=O) groups is 1. The Kier molecular flexibility index (Phi) is 1.66. The van der Waals surface area contributed by atoms with Crippen LogP contribution < -0.4 is 0 Å². The number of aryl methyl sites for hydroxylation is 1. The third-order valence-corrected chi connectivity index (χ3v) is 3.25. The summed E-state index contributed by atoms with van der Waals surface area (Å²) in [5.74, 6) is 0.273. The fraction of sp³-hybridized carbons (Fsp3) is 0.545. The molecule has 0 spiro atoms. The molecule has 2 aliphatic rings. The van der Waals surface area contributed by atoms with Crippen LogP contribution in [0.4, 0.5) is 0 Å². The van der Waals surface area contributed by atoms with E-state index in [1.807, 2.05) is 0 Å². The average molecular weight is 191 g/mol. The molecule has 2 atom stereocenters. The molecule has 3 heterocycles. The second-order valence-electron chi connectivity index (χ2n) is 4.11. The van der Waals surface area contributed by atoms with E-state index in [4.69, 9.17) is 4.74 Å². The highest BCUT2D eigenvalue weighted by atomic mass is 16.5. The van der Waals surface area contributed by atoms with Gasteiger partial charge in [0.1, 0.15) is 6.10 Å². The van der Waals surface area contributed by atoms with Crippen molar-refractivity contribution in [2.75, 3.05) is 0 Å². The number of aromatic nitrogens is 1. The fourth-order valence-corrected chi connectivity index (χ4v) is 2.60. The summed E-state index contributed by atoms with van der Waals surface area (Å²) in [6.45, 7) is 1.06. The number of hydrogen-bond acceptors (Lipinski definition) is 2. The van der Waals surface area contributed by atoms with Crippen molar-refractivity contribution in [1.82, 2.24) is 4.57 Å². The Hall–Kier alpha value is -1.25. The Morgan fingerprint density at radius 3 is 3.36 bits per heavy atom. The van der Waals surface area contributed by atoms with Crippen molar-refractivity contribution in [2.24, 2.45) is 0 Å². The normalized spacial score (nSPS) is 30.4. The molecule has 2 aliphatic heterocycles. The molecule has 0 radical (unpaired) electrons. The van der Waals surface area contributed by atoms with Crippen molar-refractivity contribution >= 4 is 5.97 Å². The second kappa shape index (κ2) is 2.87. The molecule has 0 aromatic carbocycles. The molecule has 0 bridgehead atoms. The van der Waals surface area contributed by atoms with E-state index in [-0.39, 0.29) is 12.1 Å². The van der Waals surface area contributed by atoms with E-state index in [0.29, 0.717) is 12.3 Å². The number of carbonyl (C=O) groups excluding carboxylic acids is 1. The standard InChI is InChI=1S/C11H13NO2/c13-11-7-8-9-3-1-5-12(9)6-2-4-10(8)14-11/h1,3,5,8,10H,2,4,6-7H2/t8-,10-/m1/s1. The maximum Gasteiger partial charge on any atom is 0.306 e. The van der Waals surface area contributed by atoms with Gasteiger partial charge in [-0.15, -0.1) is 0 Å². The molecular formula is C11H13NO2.